The van der Waals surface area contributed by atoms with Crippen molar-refractivity contribution in [3.8, 4) is 0 Å². The number of hydrogen-bond acceptors (Lipinski definition) is 3. The van der Waals surface area contributed by atoms with Crippen molar-refractivity contribution >= 4 is 17.4 Å². The number of benzene rings is 1. The summed E-state index contributed by atoms with van der Waals surface area (Å²) in [5, 5.41) is 0. The topological polar surface area (TPSA) is 58.2 Å². The molecule has 1 unspecified atom stereocenters. The minimum atomic E-state index is -0.359. The van der Waals surface area contributed by atoms with Crippen molar-refractivity contribution in [2.45, 2.75) is 32.1 Å². The second-order valence-corrected chi connectivity index (χ2v) is 6.07. The molecular weight excluding hydrogens is 302 g/mol. The number of fused-ring (bicyclic) bond motifs is 1. The Morgan fingerprint density at radius 2 is 2.29 bits per heavy atom. The highest BCUT2D eigenvalue weighted by molar-refractivity contribution is 5.87. The number of imidazole rings is 1. The first-order chi connectivity index (χ1) is 11.7. The van der Waals surface area contributed by atoms with Gasteiger partial charge in [-0.25, -0.2) is 9.78 Å². The van der Waals surface area contributed by atoms with Crippen molar-refractivity contribution in [2.24, 2.45) is 0 Å². The molecular formula is C19H23N3O2. The van der Waals surface area contributed by atoms with E-state index in [0.29, 0.717) is 5.92 Å². The van der Waals surface area contributed by atoms with E-state index in [0.717, 1.165) is 30.6 Å². The van der Waals surface area contributed by atoms with Crippen LogP contribution < -0.4 is 4.90 Å². The van der Waals surface area contributed by atoms with Gasteiger partial charge in [0.05, 0.1) is 25.3 Å². The molecule has 24 heavy (non-hydrogen) atoms. The summed E-state index contributed by atoms with van der Waals surface area (Å²) in [4.78, 5) is 20.7. The van der Waals surface area contributed by atoms with E-state index >= 15 is 0 Å². The van der Waals surface area contributed by atoms with Crippen molar-refractivity contribution in [2.75, 3.05) is 19.1 Å². The number of carbonyl (C=O) groups excluding carboxylic acids is 1. The van der Waals surface area contributed by atoms with Gasteiger partial charge in [-0.05, 0) is 55.0 Å². The lowest BCUT2D eigenvalue weighted by molar-refractivity contribution is 0.180. The predicted molar refractivity (Wildman–Crippen MR) is 95.2 cm³/mol. The lowest BCUT2D eigenvalue weighted by atomic mass is 9.77. The fourth-order valence-corrected chi connectivity index (χ4v) is 3.52. The first-order valence-electron chi connectivity index (χ1n) is 8.25. The molecule has 0 aliphatic heterocycles. The van der Waals surface area contributed by atoms with E-state index in [2.05, 4.69) is 35.1 Å². The van der Waals surface area contributed by atoms with Crippen LogP contribution in [0.4, 0.5) is 10.5 Å². The molecule has 0 fully saturated rings. The predicted octanol–water partition coefficient (Wildman–Crippen LogP) is 4.14. The zero-order chi connectivity index (χ0) is 17.1. The summed E-state index contributed by atoms with van der Waals surface area (Å²) in [5.41, 5.74) is 5.81. The zero-order valence-corrected chi connectivity index (χ0v) is 14.4. The molecule has 2 aromatic rings. The SMILES string of the molecule is CC=C(c1cnc[nH]1)C1CCCc2ccc(N(C)C(=O)OC)cc21. The average Bonchev–Trinajstić information content (AvgIpc) is 3.15. The Morgan fingerprint density at radius 3 is 2.96 bits per heavy atom. The summed E-state index contributed by atoms with van der Waals surface area (Å²) < 4.78 is 4.83. The molecule has 1 N–H and O–H groups in total. The average molecular weight is 325 g/mol. The van der Waals surface area contributed by atoms with Crippen molar-refractivity contribution in [1.82, 2.24) is 9.97 Å². The Bertz CT molecular complexity index is 750. The lowest BCUT2D eigenvalue weighted by Crippen LogP contribution is -2.26. The van der Waals surface area contributed by atoms with Crippen LogP contribution in [-0.4, -0.2) is 30.2 Å². The number of aromatic amines is 1. The van der Waals surface area contributed by atoms with Crippen LogP contribution in [0.25, 0.3) is 5.57 Å². The van der Waals surface area contributed by atoms with Gasteiger partial charge in [-0.3, -0.25) is 4.90 Å². The van der Waals surface area contributed by atoms with E-state index in [1.54, 1.807) is 13.4 Å². The Labute approximate surface area is 142 Å². The summed E-state index contributed by atoms with van der Waals surface area (Å²) in [5.74, 6) is 0.310. The highest BCUT2D eigenvalue weighted by atomic mass is 16.5. The van der Waals surface area contributed by atoms with Gasteiger partial charge < -0.3 is 9.72 Å². The second kappa shape index (κ2) is 6.91. The van der Waals surface area contributed by atoms with Crippen LogP contribution in [0.3, 0.4) is 0 Å². The maximum atomic E-state index is 11.8. The molecule has 0 saturated carbocycles. The number of hydrogen-bond donors (Lipinski definition) is 1. The van der Waals surface area contributed by atoms with Gasteiger partial charge >= 0.3 is 6.09 Å². The third-order valence-electron chi connectivity index (χ3n) is 4.78. The molecule has 126 valence electrons. The number of allylic oxidation sites excluding steroid dienone is 2. The lowest BCUT2D eigenvalue weighted by Gasteiger charge is -2.29. The van der Waals surface area contributed by atoms with Gasteiger partial charge in [-0.1, -0.05) is 12.1 Å². The maximum Gasteiger partial charge on any atom is 0.413 e. The number of H-pyrrole nitrogens is 1. The highest BCUT2D eigenvalue weighted by Gasteiger charge is 2.26. The van der Waals surface area contributed by atoms with Gasteiger partial charge in [0.2, 0.25) is 0 Å². The van der Waals surface area contributed by atoms with Gasteiger partial charge in [0, 0.05) is 18.7 Å². The summed E-state index contributed by atoms with van der Waals surface area (Å²) in [6.45, 7) is 2.06. The molecule has 5 heteroatoms. The largest absolute Gasteiger partial charge is 0.452 e. The summed E-state index contributed by atoms with van der Waals surface area (Å²) in [6, 6.07) is 6.25. The number of aryl methyl sites for hydroxylation is 1. The number of ether oxygens (including phenoxy) is 1. The van der Waals surface area contributed by atoms with Crippen molar-refractivity contribution < 1.29 is 9.53 Å². The Kier molecular flexibility index (Phi) is 4.69. The molecule has 5 nitrogen and oxygen atoms in total. The first kappa shape index (κ1) is 16.3. The third kappa shape index (κ3) is 2.94. The van der Waals surface area contributed by atoms with E-state index in [1.807, 2.05) is 12.3 Å². The molecule has 0 saturated heterocycles. The van der Waals surface area contributed by atoms with Crippen LogP contribution in [0.15, 0.2) is 36.8 Å². The zero-order valence-electron chi connectivity index (χ0n) is 14.4. The van der Waals surface area contributed by atoms with E-state index in [4.69, 9.17) is 4.74 Å². The van der Waals surface area contributed by atoms with Crippen LogP contribution in [0.1, 0.15) is 42.5 Å². The molecule has 1 aromatic heterocycles. The second-order valence-electron chi connectivity index (χ2n) is 6.07. The molecule has 0 bridgehead atoms. The Hall–Kier alpha value is -2.56. The van der Waals surface area contributed by atoms with Crippen molar-refractivity contribution in [3.05, 3.63) is 53.6 Å². The van der Waals surface area contributed by atoms with Crippen LogP contribution in [0, 0.1) is 0 Å². The van der Waals surface area contributed by atoms with Gasteiger partial charge in [-0.2, -0.15) is 0 Å². The van der Waals surface area contributed by atoms with Crippen LogP contribution in [0.5, 0.6) is 0 Å². The molecule has 1 atom stereocenters. The smallest absolute Gasteiger partial charge is 0.413 e. The molecule has 0 spiro atoms. The number of anilines is 1. The standard InChI is InChI=1S/C19H23N3O2/c1-4-15(18-11-20-12-21-18)16-7-5-6-13-8-9-14(10-17(13)16)22(2)19(23)24-3/h4,8-12,16H,5-7H2,1-3H3,(H,20,21). The molecule has 1 aliphatic carbocycles. The summed E-state index contributed by atoms with van der Waals surface area (Å²) in [7, 11) is 3.13. The van der Waals surface area contributed by atoms with Crippen molar-refractivity contribution in [3.63, 3.8) is 0 Å². The number of methoxy groups -OCH3 is 1. The highest BCUT2D eigenvalue weighted by Crippen LogP contribution is 2.41. The van der Waals surface area contributed by atoms with E-state index in [9.17, 15) is 4.79 Å². The number of nitrogens with zero attached hydrogens (tertiary/aromatic N) is 2. The minimum absolute atomic E-state index is 0.310. The summed E-state index contributed by atoms with van der Waals surface area (Å²) >= 11 is 0. The number of rotatable bonds is 3. The van der Waals surface area contributed by atoms with Gasteiger partial charge in [-0.15, -0.1) is 0 Å². The normalized spacial score (nSPS) is 17.3. The summed E-state index contributed by atoms with van der Waals surface area (Å²) in [6.07, 6.45) is 8.71. The van der Waals surface area contributed by atoms with Crippen LogP contribution in [0.2, 0.25) is 0 Å². The number of carbonyl (C=O) groups is 1. The van der Waals surface area contributed by atoms with Gasteiger partial charge in [0.15, 0.2) is 0 Å². The number of amides is 1. The number of nitrogens with one attached hydrogen (secondary N) is 1. The van der Waals surface area contributed by atoms with Crippen molar-refractivity contribution in [1.29, 1.82) is 0 Å². The van der Waals surface area contributed by atoms with Gasteiger partial charge in [0.1, 0.15) is 0 Å². The molecule has 1 aromatic carbocycles. The Balaban J connectivity index is 2.01. The molecule has 0 radical (unpaired) electrons. The maximum absolute atomic E-state index is 11.8. The van der Waals surface area contributed by atoms with E-state index < -0.39 is 0 Å². The Morgan fingerprint density at radius 1 is 1.46 bits per heavy atom. The minimum Gasteiger partial charge on any atom is -0.452 e. The monoisotopic (exact) mass is 325 g/mol. The quantitative estimate of drug-likeness (QED) is 0.923. The number of aromatic nitrogens is 2. The first-order valence-corrected chi connectivity index (χ1v) is 8.25. The molecule has 3 rings (SSSR count). The van der Waals surface area contributed by atoms with E-state index in [1.165, 1.54) is 28.7 Å². The molecule has 1 amide bonds. The van der Waals surface area contributed by atoms with E-state index in [-0.39, 0.29) is 6.09 Å². The fourth-order valence-electron chi connectivity index (χ4n) is 3.52. The van der Waals surface area contributed by atoms with Crippen LogP contribution >= 0.6 is 0 Å². The molecule has 1 aliphatic rings. The van der Waals surface area contributed by atoms with Crippen LogP contribution in [-0.2, 0) is 11.2 Å². The third-order valence-corrected chi connectivity index (χ3v) is 4.78. The fraction of sp³-hybridized carbons (Fsp3) is 0.368. The molecule has 1 heterocycles. The van der Waals surface area contributed by atoms with Gasteiger partial charge in [0.25, 0.3) is 0 Å².